The van der Waals surface area contributed by atoms with Crippen LogP contribution >= 0.6 is 0 Å². The first-order valence-corrected chi connectivity index (χ1v) is 24.5. The Labute approximate surface area is 349 Å². The Morgan fingerprint density at radius 2 is 0.786 bits per heavy atom. The van der Waals surface area contributed by atoms with Gasteiger partial charge in [0, 0.05) is 6.42 Å². The monoisotopic (exact) mass is 782 g/mol. The van der Waals surface area contributed by atoms with Crippen LogP contribution in [0, 0.1) is 0 Å². The second kappa shape index (κ2) is 47.5. The second-order valence-electron chi connectivity index (χ2n) is 16.5. The number of rotatable bonds is 44. The van der Waals surface area contributed by atoms with E-state index in [2.05, 4.69) is 67.8 Å². The fourth-order valence-electron chi connectivity index (χ4n) is 7.29. The summed E-state index contributed by atoms with van der Waals surface area (Å²) in [6.45, 7) is 4.21. The number of aliphatic hydroxyl groups is 2. The minimum absolute atomic E-state index is 0.0665. The number of carbonyl (C=O) groups is 1. The predicted octanol–water partition coefficient (Wildman–Crippen LogP) is 15.7. The van der Waals surface area contributed by atoms with Crippen molar-refractivity contribution in [3.63, 3.8) is 0 Å². The van der Waals surface area contributed by atoms with Gasteiger partial charge in [-0.15, -0.1) is 0 Å². The molecular formula is C52H95NO3. The number of hydrogen-bond donors (Lipinski definition) is 3. The maximum absolute atomic E-state index is 12.4. The minimum Gasteiger partial charge on any atom is -0.394 e. The van der Waals surface area contributed by atoms with E-state index < -0.39 is 12.1 Å². The van der Waals surface area contributed by atoms with Gasteiger partial charge in [0.25, 0.3) is 0 Å². The molecule has 0 saturated carbocycles. The molecule has 4 heteroatoms. The summed E-state index contributed by atoms with van der Waals surface area (Å²) in [4.78, 5) is 12.4. The number of amides is 1. The van der Waals surface area contributed by atoms with Gasteiger partial charge < -0.3 is 15.5 Å². The van der Waals surface area contributed by atoms with Gasteiger partial charge in [-0.25, -0.2) is 0 Å². The molecular weight excluding hydrogens is 687 g/mol. The van der Waals surface area contributed by atoms with Crippen molar-refractivity contribution in [1.29, 1.82) is 0 Å². The zero-order chi connectivity index (χ0) is 40.7. The van der Waals surface area contributed by atoms with Crippen LogP contribution < -0.4 is 5.32 Å². The normalized spacial score (nSPS) is 13.4. The molecule has 3 N–H and O–H groups in total. The first-order chi connectivity index (χ1) is 27.7. The molecule has 0 fully saturated rings. The molecule has 0 spiro atoms. The van der Waals surface area contributed by atoms with Gasteiger partial charge in [-0.3, -0.25) is 4.79 Å². The molecule has 0 aliphatic carbocycles. The molecule has 0 radical (unpaired) electrons. The van der Waals surface area contributed by atoms with Crippen LogP contribution in [0.3, 0.4) is 0 Å². The number of unbranched alkanes of at least 4 members (excludes halogenated alkanes) is 29. The Kier molecular flexibility index (Phi) is 45.8. The highest BCUT2D eigenvalue weighted by Crippen LogP contribution is 2.16. The van der Waals surface area contributed by atoms with E-state index in [1.165, 1.54) is 173 Å². The third kappa shape index (κ3) is 43.2. The van der Waals surface area contributed by atoms with Crippen molar-refractivity contribution in [3.8, 4) is 0 Å². The van der Waals surface area contributed by atoms with Crippen LogP contribution in [-0.4, -0.2) is 34.9 Å². The zero-order valence-electron chi connectivity index (χ0n) is 37.4. The standard InChI is InChI=1S/C52H95NO3/c1-3-5-7-9-11-13-15-17-19-21-23-24-25-26-27-28-30-32-34-36-38-40-42-44-46-48-52(56)53-50(49-54)51(55)47-45-43-41-39-37-35-33-31-29-22-20-18-16-14-12-10-8-6-4-2/h5,7,11,13,17,19,23-24,45,47,50-51,54-55H,3-4,6,8-10,12,14-16,18,20-22,25-44,46,48-49H2,1-2H3,(H,53,56)/b7-5-,13-11-,19-17-,24-23-,47-45+. The fourth-order valence-corrected chi connectivity index (χ4v) is 7.29. The van der Waals surface area contributed by atoms with E-state index >= 15 is 0 Å². The lowest BCUT2D eigenvalue weighted by atomic mass is 10.0. The van der Waals surface area contributed by atoms with E-state index in [1.807, 2.05) is 6.08 Å². The van der Waals surface area contributed by atoms with Gasteiger partial charge in [-0.05, 0) is 57.8 Å². The molecule has 1 amide bonds. The Hall–Kier alpha value is -1.91. The van der Waals surface area contributed by atoms with Crippen LogP contribution in [0.25, 0.3) is 0 Å². The largest absolute Gasteiger partial charge is 0.394 e. The Morgan fingerprint density at radius 3 is 1.18 bits per heavy atom. The van der Waals surface area contributed by atoms with Gasteiger partial charge in [0.2, 0.25) is 5.91 Å². The van der Waals surface area contributed by atoms with Crippen molar-refractivity contribution < 1.29 is 15.0 Å². The molecule has 2 unspecified atom stereocenters. The molecule has 56 heavy (non-hydrogen) atoms. The van der Waals surface area contributed by atoms with Crippen molar-refractivity contribution in [3.05, 3.63) is 60.8 Å². The number of nitrogens with one attached hydrogen (secondary N) is 1. The van der Waals surface area contributed by atoms with Crippen molar-refractivity contribution in [2.75, 3.05) is 6.61 Å². The van der Waals surface area contributed by atoms with E-state index in [0.29, 0.717) is 6.42 Å². The van der Waals surface area contributed by atoms with Gasteiger partial charge in [-0.2, -0.15) is 0 Å². The van der Waals surface area contributed by atoms with Crippen LogP contribution in [0.4, 0.5) is 0 Å². The van der Waals surface area contributed by atoms with Gasteiger partial charge in [0.1, 0.15) is 0 Å². The molecule has 0 saturated heterocycles. The van der Waals surface area contributed by atoms with E-state index in [0.717, 1.165) is 51.4 Å². The highest BCUT2D eigenvalue weighted by atomic mass is 16.3. The van der Waals surface area contributed by atoms with E-state index in [-0.39, 0.29) is 12.5 Å². The Bertz CT molecular complexity index is 934. The lowest BCUT2D eigenvalue weighted by Gasteiger charge is -2.20. The SMILES string of the molecule is CC/C=C\C/C=C\C/C=C\C/C=C\CCCCCCCCCCCCCCC(=O)NC(CO)C(O)/C=C/CCCCCCCCCCCCCCCCCCC. The summed E-state index contributed by atoms with van der Waals surface area (Å²) < 4.78 is 0. The summed E-state index contributed by atoms with van der Waals surface area (Å²) in [5.74, 6) is -0.0665. The van der Waals surface area contributed by atoms with Crippen LogP contribution in [-0.2, 0) is 4.79 Å². The lowest BCUT2D eigenvalue weighted by molar-refractivity contribution is -0.123. The van der Waals surface area contributed by atoms with Gasteiger partial charge >= 0.3 is 0 Å². The molecule has 326 valence electrons. The topological polar surface area (TPSA) is 69.6 Å². The minimum atomic E-state index is -0.842. The third-order valence-corrected chi connectivity index (χ3v) is 11.0. The summed E-state index contributed by atoms with van der Waals surface area (Å²) >= 11 is 0. The first-order valence-electron chi connectivity index (χ1n) is 24.5. The molecule has 0 rings (SSSR count). The van der Waals surface area contributed by atoms with E-state index in [9.17, 15) is 15.0 Å². The summed E-state index contributed by atoms with van der Waals surface area (Å²) in [7, 11) is 0. The fraction of sp³-hybridized carbons (Fsp3) is 0.788. The third-order valence-electron chi connectivity index (χ3n) is 11.0. The van der Waals surface area contributed by atoms with E-state index in [4.69, 9.17) is 0 Å². The molecule has 0 aliphatic rings. The quantitative estimate of drug-likeness (QED) is 0.0426. The summed E-state index contributed by atoms with van der Waals surface area (Å²) in [5, 5.41) is 23.1. The molecule has 0 aromatic heterocycles. The van der Waals surface area contributed by atoms with E-state index in [1.54, 1.807) is 6.08 Å². The van der Waals surface area contributed by atoms with Crippen molar-refractivity contribution in [2.24, 2.45) is 0 Å². The smallest absolute Gasteiger partial charge is 0.220 e. The molecule has 2 atom stereocenters. The highest BCUT2D eigenvalue weighted by Gasteiger charge is 2.18. The van der Waals surface area contributed by atoms with Crippen LogP contribution in [0.2, 0.25) is 0 Å². The van der Waals surface area contributed by atoms with Crippen molar-refractivity contribution >= 4 is 5.91 Å². The summed E-state index contributed by atoms with van der Waals surface area (Å²) in [5.41, 5.74) is 0. The zero-order valence-corrected chi connectivity index (χ0v) is 37.4. The highest BCUT2D eigenvalue weighted by molar-refractivity contribution is 5.76. The Morgan fingerprint density at radius 1 is 0.446 bits per heavy atom. The summed E-state index contributed by atoms with van der Waals surface area (Å²) in [6.07, 6.45) is 66.3. The van der Waals surface area contributed by atoms with Crippen molar-refractivity contribution in [1.82, 2.24) is 5.32 Å². The molecule has 4 nitrogen and oxygen atoms in total. The van der Waals surface area contributed by atoms with Crippen LogP contribution in [0.1, 0.15) is 245 Å². The number of hydrogen-bond acceptors (Lipinski definition) is 3. The number of allylic oxidation sites excluding steroid dienone is 9. The molecule has 0 aromatic rings. The lowest BCUT2D eigenvalue weighted by Crippen LogP contribution is -2.45. The number of carbonyl (C=O) groups excluding carboxylic acids is 1. The van der Waals surface area contributed by atoms with Gasteiger partial charge in [0.05, 0.1) is 18.8 Å². The van der Waals surface area contributed by atoms with Crippen molar-refractivity contribution in [2.45, 2.75) is 257 Å². The van der Waals surface area contributed by atoms with Gasteiger partial charge in [0.15, 0.2) is 0 Å². The molecule has 0 bridgehead atoms. The molecule has 0 aromatic carbocycles. The predicted molar refractivity (Wildman–Crippen MR) is 248 cm³/mol. The Balaban J connectivity index is 3.55. The second-order valence-corrected chi connectivity index (χ2v) is 16.5. The average molecular weight is 782 g/mol. The van der Waals surface area contributed by atoms with Crippen LogP contribution in [0.15, 0.2) is 60.8 Å². The maximum atomic E-state index is 12.4. The molecule has 0 aliphatic heterocycles. The van der Waals surface area contributed by atoms with Crippen LogP contribution in [0.5, 0.6) is 0 Å². The summed E-state index contributed by atoms with van der Waals surface area (Å²) in [6, 6.07) is -0.625. The first kappa shape index (κ1) is 54.1. The maximum Gasteiger partial charge on any atom is 0.220 e. The van der Waals surface area contributed by atoms with Gasteiger partial charge in [-0.1, -0.05) is 242 Å². The average Bonchev–Trinajstić information content (AvgIpc) is 3.20. The number of aliphatic hydroxyl groups excluding tert-OH is 2. The molecule has 0 heterocycles.